The molecule has 11 aromatic rings. The summed E-state index contributed by atoms with van der Waals surface area (Å²) in [6, 6.07) is 54.7. The molecule has 6 heteroatoms. The van der Waals surface area contributed by atoms with Gasteiger partial charge in [-0.25, -0.2) is 15.0 Å². The second-order valence-corrected chi connectivity index (χ2v) is 13.8. The molecule has 0 bridgehead atoms. The summed E-state index contributed by atoms with van der Waals surface area (Å²) >= 11 is 1.85. The molecule has 0 radical (unpaired) electrons. The van der Waals surface area contributed by atoms with Gasteiger partial charge in [0.25, 0.3) is 0 Å². The first kappa shape index (κ1) is 28.2. The molecular formula is C45H26N4OS. The predicted octanol–water partition coefficient (Wildman–Crippen LogP) is 12.2. The molecule has 5 nitrogen and oxygen atoms in total. The van der Waals surface area contributed by atoms with Crippen LogP contribution in [0.15, 0.2) is 162 Å². The van der Waals surface area contributed by atoms with Crippen molar-refractivity contribution in [3.05, 3.63) is 158 Å². The molecule has 4 heterocycles. The average Bonchev–Trinajstić information content (AvgIpc) is 3.88. The average molecular weight is 671 g/mol. The maximum Gasteiger partial charge on any atom is 0.167 e. The van der Waals surface area contributed by atoms with Gasteiger partial charge in [-0.15, -0.1) is 11.3 Å². The zero-order valence-electron chi connectivity index (χ0n) is 27.1. The molecule has 0 unspecified atom stereocenters. The van der Waals surface area contributed by atoms with Crippen LogP contribution in [-0.4, -0.2) is 19.5 Å². The van der Waals surface area contributed by atoms with E-state index in [1.165, 1.54) is 30.9 Å². The molecule has 0 aliphatic heterocycles. The van der Waals surface area contributed by atoms with Crippen LogP contribution in [0.25, 0.3) is 104 Å². The van der Waals surface area contributed by atoms with Crippen molar-refractivity contribution in [3.8, 4) is 39.9 Å². The van der Waals surface area contributed by atoms with Crippen molar-refractivity contribution < 1.29 is 4.42 Å². The fourth-order valence-corrected chi connectivity index (χ4v) is 8.73. The van der Waals surface area contributed by atoms with Gasteiger partial charge in [-0.3, -0.25) is 0 Å². The summed E-state index contributed by atoms with van der Waals surface area (Å²) in [5, 5.41) is 7.14. The summed E-state index contributed by atoms with van der Waals surface area (Å²) in [5.41, 5.74) is 7.52. The van der Waals surface area contributed by atoms with Gasteiger partial charge in [-0.2, -0.15) is 0 Å². The summed E-state index contributed by atoms with van der Waals surface area (Å²) < 4.78 is 12.0. The number of aromatic nitrogens is 4. The zero-order valence-corrected chi connectivity index (χ0v) is 27.9. The number of hydrogen-bond donors (Lipinski definition) is 0. The van der Waals surface area contributed by atoms with Crippen molar-refractivity contribution in [1.29, 1.82) is 0 Å². The largest absolute Gasteiger partial charge is 0.453 e. The van der Waals surface area contributed by atoms with Gasteiger partial charge in [-0.1, -0.05) is 121 Å². The molecule has 0 saturated heterocycles. The predicted molar refractivity (Wildman–Crippen MR) is 211 cm³/mol. The summed E-state index contributed by atoms with van der Waals surface area (Å²) in [7, 11) is 0. The van der Waals surface area contributed by atoms with E-state index >= 15 is 0 Å². The third-order valence-electron chi connectivity index (χ3n) is 9.86. The highest BCUT2D eigenvalue weighted by Gasteiger charge is 2.22. The van der Waals surface area contributed by atoms with E-state index < -0.39 is 0 Å². The fourth-order valence-electron chi connectivity index (χ4n) is 7.62. The van der Waals surface area contributed by atoms with E-state index in [4.69, 9.17) is 19.4 Å². The van der Waals surface area contributed by atoms with Crippen LogP contribution in [0, 0.1) is 0 Å². The van der Waals surface area contributed by atoms with E-state index in [2.05, 4.69) is 95.6 Å². The Labute approximate surface area is 295 Å². The summed E-state index contributed by atoms with van der Waals surface area (Å²) in [6.07, 6.45) is 0. The van der Waals surface area contributed by atoms with Crippen LogP contribution in [0.2, 0.25) is 0 Å². The van der Waals surface area contributed by atoms with Crippen LogP contribution in [0.5, 0.6) is 0 Å². The van der Waals surface area contributed by atoms with Crippen LogP contribution in [0.1, 0.15) is 0 Å². The van der Waals surface area contributed by atoms with Gasteiger partial charge >= 0.3 is 0 Å². The molecule has 7 aromatic carbocycles. The Morgan fingerprint density at radius 3 is 1.78 bits per heavy atom. The maximum atomic E-state index is 7.01. The molecule has 0 spiro atoms. The van der Waals surface area contributed by atoms with E-state index in [0.717, 1.165) is 55.3 Å². The highest BCUT2D eigenvalue weighted by Crippen LogP contribution is 2.45. The van der Waals surface area contributed by atoms with Gasteiger partial charge in [0.15, 0.2) is 23.1 Å². The smallest absolute Gasteiger partial charge is 0.167 e. The van der Waals surface area contributed by atoms with E-state index in [0.29, 0.717) is 17.5 Å². The highest BCUT2D eigenvalue weighted by molar-refractivity contribution is 7.26. The normalized spacial score (nSPS) is 11.9. The van der Waals surface area contributed by atoms with Crippen molar-refractivity contribution in [3.63, 3.8) is 0 Å². The first-order valence-electron chi connectivity index (χ1n) is 17.0. The minimum Gasteiger partial charge on any atom is -0.453 e. The molecule has 0 fully saturated rings. The Morgan fingerprint density at radius 1 is 0.412 bits per heavy atom. The van der Waals surface area contributed by atoms with Gasteiger partial charge < -0.3 is 8.98 Å². The topological polar surface area (TPSA) is 56.7 Å². The molecule has 0 aliphatic carbocycles. The summed E-state index contributed by atoms with van der Waals surface area (Å²) in [5.74, 6) is 1.80. The lowest BCUT2D eigenvalue weighted by Gasteiger charge is -2.09. The van der Waals surface area contributed by atoms with E-state index in [1.54, 1.807) is 0 Å². The van der Waals surface area contributed by atoms with Gasteiger partial charge in [-0.05, 0) is 36.4 Å². The van der Waals surface area contributed by atoms with Gasteiger partial charge in [0.1, 0.15) is 5.58 Å². The number of nitrogens with zero attached hydrogens (tertiary/aromatic N) is 4. The van der Waals surface area contributed by atoms with Crippen molar-refractivity contribution in [2.24, 2.45) is 0 Å². The minimum absolute atomic E-state index is 0.567. The lowest BCUT2D eigenvalue weighted by molar-refractivity contribution is 0.667. The highest BCUT2D eigenvalue weighted by atomic mass is 32.1. The van der Waals surface area contributed by atoms with E-state index in [9.17, 15) is 0 Å². The van der Waals surface area contributed by atoms with Gasteiger partial charge in [0.05, 0.1) is 22.3 Å². The van der Waals surface area contributed by atoms with Crippen LogP contribution >= 0.6 is 11.3 Å². The van der Waals surface area contributed by atoms with E-state index in [-0.39, 0.29) is 0 Å². The van der Waals surface area contributed by atoms with Gasteiger partial charge in [0.2, 0.25) is 0 Å². The molecule has 51 heavy (non-hydrogen) atoms. The molecular weight excluding hydrogens is 645 g/mol. The molecule has 238 valence electrons. The summed E-state index contributed by atoms with van der Waals surface area (Å²) in [6.45, 7) is 0. The van der Waals surface area contributed by atoms with Gasteiger partial charge in [0, 0.05) is 52.8 Å². The minimum atomic E-state index is 0.567. The third kappa shape index (κ3) is 4.24. The monoisotopic (exact) mass is 670 g/mol. The van der Waals surface area contributed by atoms with E-state index in [1.807, 2.05) is 78.1 Å². The van der Waals surface area contributed by atoms with Crippen molar-refractivity contribution in [2.75, 3.05) is 0 Å². The number of thiophene rings is 1. The van der Waals surface area contributed by atoms with Crippen molar-refractivity contribution in [2.45, 2.75) is 0 Å². The summed E-state index contributed by atoms with van der Waals surface area (Å²) in [4.78, 5) is 15.0. The van der Waals surface area contributed by atoms with Crippen molar-refractivity contribution >= 4 is 75.3 Å². The molecule has 0 N–H and O–H groups in total. The molecule has 0 saturated carbocycles. The standard InChI is InChI=1S/C45H26N4OS/c1-3-13-27(14-4-1)43-46-44(28-15-5-2-6-16-28)48-45(47-43)33-21-11-19-29-30-20-12-23-36(42(30)50-41(29)33)49-34-22-9-7-17-31(34)39-35(49)25-26-38-40(39)32-18-8-10-24-37(32)51-38/h1-26H. The Hall–Kier alpha value is -6.63. The first-order valence-corrected chi connectivity index (χ1v) is 17.8. The molecule has 4 aromatic heterocycles. The van der Waals surface area contributed by atoms with Crippen LogP contribution in [-0.2, 0) is 0 Å². The zero-order chi connectivity index (χ0) is 33.5. The number of furan rings is 1. The number of fused-ring (bicyclic) bond motifs is 10. The molecule has 0 aliphatic rings. The van der Waals surface area contributed by atoms with Crippen LogP contribution in [0.4, 0.5) is 0 Å². The molecule has 0 amide bonds. The second kappa shape index (κ2) is 10.9. The Morgan fingerprint density at radius 2 is 1.02 bits per heavy atom. The lowest BCUT2D eigenvalue weighted by Crippen LogP contribution is -2.00. The maximum absolute atomic E-state index is 7.01. The lowest BCUT2D eigenvalue weighted by atomic mass is 10.1. The quantitative estimate of drug-likeness (QED) is 0.187. The molecule has 11 rings (SSSR count). The number of rotatable bonds is 4. The Balaban J connectivity index is 1.19. The molecule has 0 atom stereocenters. The second-order valence-electron chi connectivity index (χ2n) is 12.8. The Bertz CT molecular complexity index is 3080. The number of hydrogen-bond acceptors (Lipinski definition) is 5. The Kier molecular flexibility index (Phi) is 6.05. The SMILES string of the molecule is c1ccc(-c2nc(-c3ccccc3)nc(-c3cccc4c3oc3c(-n5c6ccccc6c6c7c(ccc65)sc5ccccc57)cccc34)n2)cc1. The number of para-hydroxylation sites is 3. The number of benzene rings is 7. The van der Waals surface area contributed by atoms with Crippen LogP contribution < -0.4 is 0 Å². The third-order valence-corrected chi connectivity index (χ3v) is 11.0. The van der Waals surface area contributed by atoms with Crippen LogP contribution in [0.3, 0.4) is 0 Å². The fraction of sp³-hybridized carbons (Fsp3) is 0. The van der Waals surface area contributed by atoms with Crippen molar-refractivity contribution in [1.82, 2.24) is 19.5 Å². The first-order chi connectivity index (χ1) is 25.3.